The quantitative estimate of drug-likeness (QED) is 0.0998. The molecule has 1 N–H and O–H groups in total. The molecule has 12 heteroatoms. The second-order valence-electron chi connectivity index (χ2n) is 8.60. The first-order chi connectivity index (χ1) is 19.2. The SMILES string of the molecule is O=C(Cn1c2ccccc2c(=O)c2ccccc21)N/N=C\c1ccc(OS(=O)(=O)c2cccc([N+](=O)[O-])c2)cc1. The minimum Gasteiger partial charge on any atom is -0.379 e. The summed E-state index contributed by atoms with van der Waals surface area (Å²) in [6.07, 6.45) is 1.37. The second-order valence-corrected chi connectivity index (χ2v) is 10.2. The Morgan fingerprint density at radius 1 is 0.925 bits per heavy atom. The van der Waals surface area contributed by atoms with Gasteiger partial charge in [-0.2, -0.15) is 13.5 Å². The van der Waals surface area contributed by atoms with Gasteiger partial charge >= 0.3 is 10.1 Å². The van der Waals surface area contributed by atoms with E-state index in [9.17, 15) is 28.1 Å². The molecule has 0 unspecified atom stereocenters. The number of non-ortho nitro benzene ring substituents is 1. The standard InChI is InChI=1S/C28H20N4O7S/c33-27(18-31-25-10-3-1-8-23(25)28(34)24-9-2-4-11-26(24)31)30-29-17-19-12-14-21(15-13-19)39-40(37,38)22-7-5-6-20(16-22)32(35)36/h1-17H,18H2,(H,30,33)/b29-17-. The number of aromatic nitrogens is 1. The van der Waals surface area contributed by atoms with E-state index in [0.717, 1.165) is 6.07 Å². The van der Waals surface area contributed by atoms with E-state index in [1.54, 1.807) is 53.1 Å². The van der Waals surface area contributed by atoms with E-state index in [0.29, 0.717) is 27.4 Å². The Labute approximate surface area is 227 Å². The van der Waals surface area contributed by atoms with Gasteiger partial charge in [-0.05, 0) is 60.2 Å². The summed E-state index contributed by atoms with van der Waals surface area (Å²) >= 11 is 0. The van der Waals surface area contributed by atoms with Crippen LogP contribution in [0.4, 0.5) is 5.69 Å². The predicted octanol–water partition coefficient (Wildman–Crippen LogP) is 3.98. The predicted molar refractivity (Wildman–Crippen MR) is 149 cm³/mol. The van der Waals surface area contributed by atoms with E-state index in [2.05, 4.69) is 10.5 Å². The molecule has 0 aliphatic carbocycles. The van der Waals surface area contributed by atoms with Gasteiger partial charge in [-0.15, -0.1) is 0 Å². The van der Waals surface area contributed by atoms with Gasteiger partial charge in [0.2, 0.25) is 0 Å². The van der Waals surface area contributed by atoms with E-state index in [1.165, 1.54) is 48.7 Å². The molecule has 5 rings (SSSR count). The Bertz CT molecular complexity index is 1910. The van der Waals surface area contributed by atoms with Gasteiger partial charge in [-0.1, -0.05) is 30.3 Å². The number of carbonyl (C=O) groups excluding carboxylic acids is 1. The summed E-state index contributed by atoms with van der Waals surface area (Å²) in [7, 11) is -4.29. The summed E-state index contributed by atoms with van der Waals surface area (Å²) in [5.41, 5.74) is 3.77. The molecule has 0 spiro atoms. The molecule has 0 atom stereocenters. The van der Waals surface area contributed by atoms with Gasteiger partial charge < -0.3 is 8.75 Å². The molecule has 40 heavy (non-hydrogen) atoms. The topological polar surface area (TPSA) is 150 Å². The highest BCUT2D eigenvalue weighted by atomic mass is 32.2. The highest BCUT2D eigenvalue weighted by Gasteiger charge is 2.20. The third-order valence-corrected chi connectivity index (χ3v) is 7.23. The number of para-hydroxylation sites is 2. The van der Waals surface area contributed by atoms with Gasteiger partial charge in [0.25, 0.3) is 11.6 Å². The smallest absolute Gasteiger partial charge is 0.339 e. The molecule has 0 aliphatic heterocycles. The molecule has 0 bridgehead atoms. The normalized spacial score (nSPS) is 11.6. The number of hydrogen-bond donors (Lipinski definition) is 1. The molecule has 4 aromatic carbocycles. The molecular formula is C28H20N4O7S. The molecule has 1 amide bonds. The average molecular weight is 557 g/mol. The van der Waals surface area contributed by atoms with Crippen molar-refractivity contribution < 1.29 is 22.3 Å². The van der Waals surface area contributed by atoms with Crippen LogP contribution in [0.5, 0.6) is 5.75 Å². The van der Waals surface area contributed by atoms with Crippen molar-refractivity contribution in [1.82, 2.24) is 9.99 Å². The summed E-state index contributed by atoms with van der Waals surface area (Å²) in [5, 5.41) is 15.9. The minimum atomic E-state index is -4.29. The number of amides is 1. The van der Waals surface area contributed by atoms with Crippen molar-refractivity contribution in [3.8, 4) is 5.75 Å². The highest BCUT2D eigenvalue weighted by molar-refractivity contribution is 7.87. The molecule has 0 saturated heterocycles. The summed E-state index contributed by atoms with van der Waals surface area (Å²) < 4.78 is 31.8. The van der Waals surface area contributed by atoms with Gasteiger partial charge in [0.1, 0.15) is 17.2 Å². The van der Waals surface area contributed by atoms with Gasteiger partial charge in [-0.25, -0.2) is 5.43 Å². The number of carbonyl (C=O) groups is 1. The average Bonchev–Trinajstić information content (AvgIpc) is 2.96. The lowest BCUT2D eigenvalue weighted by Crippen LogP contribution is -2.25. The zero-order chi connectivity index (χ0) is 28.3. The maximum Gasteiger partial charge on any atom is 0.339 e. The maximum absolute atomic E-state index is 12.9. The monoisotopic (exact) mass is 556 g/mol. The molecule has 5 aromatic rings. The molecule has 1 heterocycles. The first-order valence-corrected chi connectivity index (χ1v) is 13.2. The first kappa shape index (κ1) is 26.3. The van der Waals surface area contributed by atoms with Crippen molar-refractivity contribution in [3.05, 3.63) is 123 Å². The summed E-state index contributed by atoms with van der Waals surface area (Å²) in [6.45, 7) is -0.0824. The number of nitrogens with one attached hydrogen (secondary N) is 1. The third-order valence-electron chi connectivity index (χ3n) is 5.99. The molecule has 0 radical (unpaired) electrons. The largest absolute Gasteiger partial charge is 0.379 e. The van der Waals surface area contributed by atoms with E-state index >= 15 is 0 Å². The molecule has 11 nitrogen and oxygen atoms in total. The Morgan fingerprint density at radius 2 is 1.55 bits per heavy atom. The van der Waals surface area contributed by atoms with Gasteiger partial charge in [0, 0.05) is 22.9 Å². The summed E-state index contributed by atoms with van der Waals surface area (Å²) in [5.74, 6) is -0.428. The summed E-state index contributed by atoms with van der Waals surface area (Å²) in [4.78, 5) is 35.5. The molecule has 1 aromatic heterocycles. The fourth-order valence-electron chi connectivity index (χ4n) is 4.14. The Kier molecular flexibility index (Phi) is 7.08. The van der Waals surface area contributed by atoms with Crippen LogP contribution in [0.2, 0.25) is 0 Å². The molecule has 0 saturated carbocycles. The van der Waals surface area contributed by atoms with E-state index in [-0.39, 0.29) is 28.3 Å². The van der Waals surface area contributed by atoms with Crippen LogP contribution >= 0.6 is 0 Å². The Balaban J connectivity index is 1.27. The lowest BCUT2D eigenvalue weighted by molar-refractivity contribution is -0.385. The number of fused-ring (bicyclic) bond motifs is 2. The second kappa shape index (κ2) is 10.8. The molecule has 0 aliphatic rings. The first-order valence-electron chi connectivity index (χ1n) is 11.8. The van der Waals surface area contributed by atoms with Crippen molar-refractivity contribution in [2.45, 2.75) is 11.4 Å². The van der Waals surface area contributed by atoms with Crippen LogP contribution in [-0.4, -0.2) is 30.0 Å². The van der Waals surface area contributed by atoms with E-state index in [4.69, 9.17) is 4.18 Å². The number of rotatable bonds is 8. The molecule has 0 fully saturated rings. The van der Waals surface area contributed by atoms with Crippen LogP contribution in [-0.2, 0) is 21.5 Å². The number of hydrogen-bond acceptors (Lipinski definition) is 8. The third kappa shape index (κ3) is 5.42. The van der Waals surface area contributed by atoms with E-state index < -0.39 is 20.9 Å². The fourth-order valence-corrected chi connectivity index (χ4v) is 5.11. The van der Waals surface area contributed by atoms with Crippen LogP contribution in [0.15, 0.2) is 112 Å². The van der Waals surface area contributed by atoms with Crippen LogP contribution in [0.1, 0.15) is 5.56 Å². The minimum absolute atomic E-state index is 0.00957. The maximum atomic E-state index is 12.9. The van der Waals surface area contributed by atoms with Crippen molar-refractivity contribution in [3.63, 3.8) is 0 Å². The van der Waals surface area contributed by atoms with Gasteiger partial charge in [-0.3, -0.25) is 19.7 Å². The number of pyridine rings is 1. The fraction of sp³-hybridized carbons (Fsp3) is 0.0357. The van der Waals surface area contributed by atoms with Crippen LogP contribution in [0.3, 0.4) is 0 Å². The molecular weight excluding hydrogens is 536 g/mol. The Hall–Kier alpha value is -5.36. The number of nitro groups is 1. The zero-order valence-electron chi connectivity index (χ0n) is 20.6. The van der Waals surface area contributed by atoms with Crippen molar-refractivity contribution >= 4 is 49.7 Å². The number of hydrazone groups is 1. The van der Waals surface area contributed by atoms with Crippen molar-refractivity contribution in [2.24, 2.45) is 5.10 Å². The number of nitrogens with zero attached hydrogens (tertiary/aromatic N) is 3. The van der Waals surface area contributed by atoms with Gasteiger partial charge in [0.05, 0.1) is 22.2 Å². The summed E-state index contributed by atoms with van der Waals surface area (Å²) in [6, 6.07) is 24.5. The zero-order valence-corrected chi connectivity index (χ0v) is 21.4. The number of nitro benzene ring substituents is 1. The van der Waals surface area contributed by atoms with Crippen LogP contribution in [0.25, 0.3) is 21.8 Å². The number of benzene rings is 4. The Morgan fingerprint density at radius 3 is 2.17 bits per heavy atom. The lowest BCUT2D eigenvalue weighted by Gasteiger charge is -2.14. The highest BCUT2D eigenvalue weighted by Crippen LogP contribution is 2.22. The lowest BCUT2D eigenvalue weighted by atomic mass is 10.1. The van der Waals surface area contributed by atoms with Crippen molar-refractivity contribution in [1.29, 1.82) is 0 Å². The molecule has 200 valence electrons. The van der Waals surface area contributed by atoms with Crippen LogP contribution in [0, 0.1) is 10.1 Å². The van der Waals surface area contributed by atoms with Gasteiger partial charge in [0.15, 0.2) is 5.43 Å². The van der Waals surface area contributed by atoms with Crippen molar-refractivity contribution in [2.75, 3.05) is 0 Å². The van der Waals surface area contributed by atoms with Crippen LogP contribution < -0.4 is 15.0 Å². The van der Waals surface area contributed by atoms with E-state index in [1.807, 2.05) is 0 Å².